The van der Waals surface area contributed by atoms with Gasteiger partial charge in [0.15, 0.2) is 6.10 Å². The van der Waals surface area contributed by atoms with Crippen molar-refractivity contribution in [3.05, 3.63) is 0 Å². The van der Waals surface area contributed by atoms with Gasteiger partial charge in [0.1, 0.15) is 12.7 Å². The van der Waals surface area contributed by atoms with E-state index in [9.17, 15) is 28.7 Å². The third kappa shape index (κ3) is 41.1. The second-order valence-corrected chi connectivity index (χ2v) is 18.6. The summed E-state index contributed by atoms with van der Waals surface area (Å²) in [5, 5.41) is 9.72. The average Bonchev–Trinajstić information content (AvgIpc) is 3.11. The van der Waals surface area contributed by atoms with Crippen LogP contribution in [0.15, 0.2) is 0 Å². The minimum absolute atomic E-state index is 0.138. The lowest BCUT2D eigenvalue weighted by atomic mass is 10.0. The summed E-state index contributed by atoms with van der Waals surface area (Å²) in [6, 6.07) is 0. The molecule has 4 N–H and O–H groups in total. The number of carbonyl (C=O) groups is 2. The van der Waals surface area contributed by atoms with Gasteiger partial charge in [0, 0.05) is 12.8 Å². The van der Waals surface area contributed by atoms with E-state index < -0.39 is 59.6 Å². The van der Waals surface area contributed by atoms with Gasteiger partial charge in [0.25, 0.3) is 0 Å². The number of phosphoric ester groups is 2. The first kappa shape index (κ1) is 54.1. The lowest BCUT2D eigenvalue weighted by Gasteiger charge is -2.20. The van der Waals surface area contributed by atoms with E-state index >= 15 is 0 Å². The Morgan fingerprint density at radius 3 is 1.22 bits per heavy atom. The summed E-state index contributed by atoms with van der Waals surface area (Å²) in [5.74, 6) is 0.500. The molecule has 0 aliphatic heterocycles. The lowest BCUT2D eigenvalue weighted by Crippen LogP contribution is -2.30. The molecule has 0 fully saturated rings. The molecule has 0 aromatic carbocycles. The summed E-state index contributed by atoms with van der Waals surface area (Å²) in [6.45, 7) is 6.34. The van der Waals surface area contributed by atoms with Crippen LogP contribution in [0.1, 0.15) is 195 Å². The molecule has 1 unspecified atom stereocenters. The second-order valence-electron chi connectivity index (χ2n) is 15.9. The van der Waals surface area contributed by atoms with E-state index in [2.05, 4.69) is 36.7 Å². The van der Waals surface area contributed by atoms with Crippen molar-refractivity contribution in [3.8, 4) is 0 Å². The Hall–Kier alpha value is -0.880. The predicted molar refractivity (Wildman–Crippen MR) is 216 cm³/mol. The fourth-order valence-electron chi connectivity index (χ4n) is 6.07. The van der Waals surface area contributed by atoms with Crippen molar-refractivity contribution < 1.29 is 61.6 Å². The molecule has 0 saturated carbocycles. The van der Waals surface area contributed by atoms with E-state index in [-0.39, 0.29) is 19.4 Å². The van der Waals surface area contributed by atoms with Crippen molar-refractivity contribution in [2.24, 2.45) is 11.8 Å². The quantitative estimate of drug-likeness (QED) is 0.0259. The number of unbranched alkanes of at least 4 members (excludes halogenated alkanes) is 20. The van der Waals surface area contributed by atoms with Crippen LogP contribution in [0.3, 0.4) is 0 Å². The summed E-state index contributed by atoms with van der Waals surface area (Å²) in [7, 11) is -9.65. The molecule has 0 radical (unpaired) electrons. The van der Waals surface area contributed by atoms with Crippen LogP contribution in [-0.4, -0.2) is 70.4 Å². The molecule has 15 heteroatoms. The van der Waals surface area contributed by atoms with E-state index in [0.29, 0.717) is 18.8 Å². The number of hydrogen-bond donors (Lipinski definition) is 4. The van der Waals surface area contributed by atoms with Crippen molar-refractivity contribution in [2.45, 2.75) is 207 Å². The van der Waals surface area contributed by atoms with E-state index in [1.807, 2.05) is 0 Å². The first-order chi connectivity index (χ1) is 26.1. The van der Waals surface area contributed by atoms with Gasteiger partial charge in [-0.1, -0.05) is 169 Å². The molecule has 13 nitrogen and oxygen atoms in total. The van der Waals surface area contributed by atoms with Crippen molar-refractivity contribution >= 4 is 27.6 Å². The second kappa shape index (κ2) is 35.1. The molecule has 0 bridgehead atoms. The highest BCUT2D eigenvalue weighted by molar-refractivity contribution is 7.47. The number of aliphatic hydroxyl groups excluding tert-OH is 1. The highest BCUT2D eigenvalue weighted by Gasteiger charge is 2.28. The Morgan fingerprint density at radius 2 is 0.818 bits per heavy atom. The highest BCUT2D eigenvalue weighted by Crippen LogP contribution is 2.43. The van der Waals surface area contributed by atoms with Crippen LogP contribution in [0.25, 0.3) is 0 Å². The molecule has 328 valence electrons. The van der Waals surface area contributed by atoms with Gasteiger partial charge in [-0.15, -0.1) is 0 Å². The smallest absolute Gasteiger partial charge is 0.462 e. The number of ether oxygens (including phenoxy) is 2. The van der Waals surface area contributed by atoms with Crippen LogP contribution in [0.2, 0.25) is 0 Å². The van der Waals surface area contributed by atoms with Crippen LogP contribution >= 0.6 is 15.6 Å². The van der Waals surface area contributed by atoms with Crippen LogP contribution < -0.4 is 0 Å². The SMILES string of the molecule is CC(C)CCCCCCCCCCCCCCCCCCC(=O)O[C@H](COC(=O)CCCCCCCCC(C)C)COP(=O)(O)OC[C@@H](O)COP(=O)(O)O. The van der Waals surface area contributed by atoms with Crippen LogP contribution in [0.5, 0.6) is 0 Å². The topological polar surface area (TPSA) is 195 Å². The maximum absolute atomic E-state index is 12.6. The monoisotopic (exact) mass is 831 g/mol. The van der Waals surface area contributed by atoms with Gasteiger partial charge < -0.3 is 29.3 Å². The van der Waals surface area contributed by atoms with Crippen molar-refractivity contribution in [2.75, 3.05) is 26.4 Å². The Morgan fingerprint density at radius 1 is 0.473 bits per heavy atom. The van der Waals surface area contributed by atoms with Crippen LogP contribution in [-0.2, 0) is 41.8 Å². The first-order valence-corrected chi connectivity index (χ1v) is 24.5. The van der Waals surface area contributed by atoms with Gasteiger partial charge in [-0.2, -0.15) is 0 Å². The summed E-state index contributed by atoms with van der Waals surface area (Å²) in [5.41, 5.74) is 0. The van der Waals surface area contributed by atoms with Gasteiger partial charge in [-0.3, -0.25) is 23.2 Å². The molecule has 0 aliphatic rings. The molecule has 3 atom stereocenters. The molecular formula is C40H80O13P2. The molecule has 0 heterocycles. The van der Waals surface area contributed by atoms with Crippen molar-refractivity contribution in [1.29, 1.82) is 0 Å². The highest BCUT2D eigenvalue weighted by atomic mass is 31.2. The van der Waals surface area contributed by atoms with E-state index in [0.717, 1.165) is 44.4 Å². The van der Waals surface area contributed by atoms with Crippen LogP contribution in [0, 0.1) is 11.8 Å². The fourth-order valence-corrected chi connectivity index (χ4v) is 7.23. The minimum Gasteiger partial charge on any atom is -0.462 e. The molecule has 0 saturated heterocycles. The van der Waals surface area contributed by atoms with E-state index in [1.165, 1.54) is 103 Å². The number of rotatable bonds is 40. The minimum atomic E-state index is -4.85. The first-order valence-electron chi connectivity index (χ1n) is 21.4. The Bertz CT molecular complexity index is 1020. The predicted octanol–water partition coefficient (Wildman–Crippen LogP) is 10.5. The van der Waals surface area contributed by atoms with E-state index in [4.69, 9.17) is 23.8 Å². The molecule has 0 amide bonds. The third-order valence-corrected chi connectivity index (χ3v) is 10.8. The number of hydrogen-bond acceptors (Lipinski definition) is 10. The Labute approximate surface area is 333 Å². The molecular weight excluding hydrogens is 750 g/mol. The normalized spacial score (nSPS) is 14.3. The molecule has 55 heavy (non-hydrogen) atoms. The largest absolute Gasteiger partial charge is 0.472 e. The van der Waals surface area contributed by atoms with Gasteiger partial charge in [-0.25, -0.2) is 9.13 Å². The summed E-state index contributed by atoms with van der Waals surface area (Å²) in [6.07, 6.45) is 25.7. The maximum Gasteiger partial charge on any atom is 0.472 e. The number of phosphoric acid groups is 2. The maximum atomic E-state index is 12.6. The van der Waals surface area contributed by atoms with Gasteiger partial charge >= 0.3 is 27.6 Å². The molecule has 0 rings (SSSR count). The van der Waals surface area contributed by atoms with Crippen LogP contribution in [0.4, 0.5) is 0 Å². The number of carbonyl (C=O) groups excluding carboxylic acids is 2. The average molecular weight is 831 g/mol. The zero-order valence-electron chi connectivity index (χ0n) is 34.9. The number of esters is 2. The zero-order chi connectivity index (χ0) is 41.2. The number of aliphatic hydroxyl groups is 1. The van der Waals surface area contributed by atoms with E-state index in [1.54, 1.807) is 0 Å². The molecule has 0 spiro atoms. The summed E-state index contributed by atoms with van der Waals surface area (Å²) in [4.78, 5) is 52.5. The summed E-state index contributed by atoms with van der Waals surface area (Å²) >= 11 is 0. The van der Waals surface area contributed by atoms with Gasteiger partial charge in [0.2, 0.25) is 0 Å². The lowest BCUT2D eigenvalue weighted by molar-refractivity contribution is -0.161. The van der Waals surface area contributed by atoms with Gasteiger partial charge in [-0.05, 0) is 24.7 Å². The Kier molecular flexibility index (Phi) is 34.5. The summed E-state index contributed by atoms with van der Waals surface area (Å²) < 4.78 is 47.7. The zero-order valence-corrected chi connectivity index (χ0v) is 36.7. The van der Waals surface area contributed by atoms with Crippen molar-refractivity contribution in [3.63, 3.8) is 0 Å². The van der Waals surface area contributed by atoms with Gasteiger partial charge in [0.05, 0.1) is 19.8 Å². The Balaban J connectivity index is 4.40. The standard InChI is InChI=1S/C40H80O13P2/c1-35(2)27-23-19-15-13-11-9-7-5-6-8-10-12-14-16-22-26-30-40(43)53-38(33-49-39(42)29-25-21-18-17-20-24-28-36(3)4)34-52-55(47,48)51-32-37(41)31-50-54(44,45)46/h35-38,41H,5-34H2,1-4H3,(H,47,48)(H2,44,45,46)/t37-,38+/m0/s1. The molecule has 0 aliphatic carbocycles. The fraction of sp³-hybridized carbons (Fsp3) is 0.950. The molecule has 0 aromatic heterocycles. The van der Waals surface area contributed by atoms with Crippen molar-refractivity contribution in [1.82, 2.24) is 0 Å². The molecule has 0 aromatic rings. The third-order valence-electron chi connectivity index (χ3n) is 9.34.